The van der Waals surface area contributed by atoms with Gasteiger partial charge in [0.25, 0.3) is 11.6 Å². The Hall–Kier alpha value is -2.68. The van der Waals surface area contributed by atoms with Gasteiger partial charge in [-0.2, -0.15) is 0 Å². The Morgan fingerprint density at radius 1 is 1.38 bits per heavy atom. The fourth-order valence-corrected chi connectivity index (χ4v) is 1.77. The second-order valence-electron chi connectivity index (χ2n) is 4.83. The van der Waals surface area contributed by atoms with E-state index in [2.05, 4.69) is 5.32 Å². The second kappa shape index (κ2) is 8.82. The summed E-state index contributed by atoms with van der Waals surface area (Å²) in [4.78, 5) is 44.7. The van der Waals surface area contributed by atoms with Crippen LogP contribution in [0.5, 0.6) is 0 Å². The summed E-state index contributed by atoms with van der Waals surface area (Å²) in [6, 6.07) is 2.40. The minimum atomic E-state index is -0.938. The fraction of sp³-hybridized carbons (Fsp3) is 0.357. The van der Waals surface area contributed by atoms with Gasteiger partial charge in [0.05, 0.1) is 15.5 Å². The number of nitro benzene ring substituents is 1. The molecule has 1 rings (SSSR count). The monoisotopic (exact) mass is 357 g/mol. The molecule has 2 N–H and O–H groups in total. The van der Waals surface area contributed by atoms with Gasteiger partial charge in [-0.1, -0.05) is 18.5 Å². The van der Waals surface area contributed by atoms with Crippen LogP contribution in [0.4, 0.5) is 10.5 Å². The predicted octanol–water partition coefficient (Wildman–Crippen LogP) is 2.03. The van der Waals surface area contributed by atoms with Gasteiger partial charge in [-0.05, 0) is 19.4 Å². The molecule has 0 unspecified atom stereocenters. The molecule has 0 aliphatic rings. The van der Waals surface area contributed by atoms with Gasteiger partial charge in [0, 0.05) is 18.2 Å². The molecular weight excluding hydrogens is 342 g/mol. The lowest BCUT2D eigenvalue weighted by Gasteiger charge is -2.11. The molecule has 0 saturated heterocycles. The van der Waals surface area contributed by atoms with E-state index in [9.17, 15) is 24.5 Å². The van der Waals surface area contributed by atoms with Gasteiger partial charge in [-0.3, -0.25) is 20.2 Å². The topological polar surface area (TPSA) is 128 Å². The molecule has 24 heavy (non-hydrogen) atoms. The number of urea groups is 1. The average Bonchev–Trinajstić information content (AvgIpc) is 2.51. The minimum absolute atomic E-state index is 0.112. The number of non-ortho nitro benzene ring substituents is 1. The van der Waals surface area contributed by atoms with Gasteiger partial charge in [-0.15, -0.1) is 0 Å². The molecule has 0 fully saturated rings. The third-order valence-corrected chi connectivity index (χ3v) is 3.27. The molecule has 0 aromatic heterocycles. The largest absolute Gasteiger partial charge is 0.452 e. The van der Waals surface area contributed by atoms with E-state index in [0.29, 0.717) is 6.42 Å². The average molecular weight is 358 g/mol. The standard InChI is InChI=1S/C14H16ClN3O6/c1-3-8(2)16-14(21)17-12(19)7-24-13(20)10-5-4-9(18(22)23)6-11(10)15/h4-6,8H,3,7H2,1-2H3,(H2,16,17,19,21)/t8-/m0/s1. The quantitative estimate of drug-likeness (QED) is 0.455. The summed E-state index contributed by atoms with van der Waals surface area (Å²) in [5.41, 5.74) is -0.407. The molecule has 0 bridgehead atoms. The highest BCUT2D eigenvalue weighted by Crippen LogP contribution is 2.23. The molecule has 3 amide bonds. The lowest BCUT2D eigenvalue weighted by Crippen LogP contribution is -2.44. The molecule has 0 aliphatic heterocycles. The first kappa shape index (κ1) is 19.4. The summed E-state index contributed by atoms with van der Waals surface area (Å²) in [5.74, 6) is -1.76. The van der Waals surface area contributed by atoms with Gasteiger partial charge in [0.2, 0.25) is 0 Å². The Morgan fingerprint density at radius 3 is 2.58 bits per heavy atom. The summed E-state index contributed by atoms with van der Waals surface area (Å²) in [5, 5.41) is 14.9. The SMILES string of the molecule is CC[C@H](C)NC(=O)NC(=O)COC(=O)c1ccc([N+](=O)[O-])cc1Cl. The summed E-state index contributed by atoms with van der Waals surface area (Å²) in [6.07, 6.45) is 0.690. The van der Waals surface area contributed by atoms with Gasteiger partial charge in [0.1, 0.15) is 0 Å². The van der Waals surface area contributed by atoms with E-state index in [4.69, 9.17) is 16.3 Å². The van der Waals surface area contributed by atoms with Crippen molar-refractivity contribution >= 4 is 35.2 Å². The zero-order valence-corrected chi connectivity index (χ0v) is 13.8. The zero-order chi connectivity index (χ0) is 18.3. The van der Waals surface area contributed by atoms with Crippen molar-refractivity contribution in [2.24, 2.45) is 0 Å². The molecule has 1 aromatic rings. The molecule has 0 radical (unpaired) electrons. The Balaban J connectivity index is 2.55. The first-order valence-corrected chi connectivity index (χ1v) is 7.33. The Bertz CT molecular complexity index is 664. The van der Waals surface area contributed by atoms with E-state index in [-0.39, 0.29) is 22.3 Å². The molecule has 1 aromatic carbocycles. The number of ether oxygens (including phenoxy) is 1. The molecule has 0 spiro atoms. The summed E-state index contributed by atoms with van der Waals surface area (Å²) in [7, 11) is 0. The van der Waals surface area contributed by atoms with Crippen molar-refractivity contribution < 1.29 is 24.0 Å². The van der Waals surface area contributed by atoms with Gasteiger partial charge in [0.15, 0.2) is 6.61 Å². The molecule has 0 heterocycles. The molecule has 1 atom stereocenters. The molecule has 10 heteroatoms. The van der Waals surface area contributed by atoms with Crippen LogP contribution in [0.15, 0.2) is 18.2 Å². The highest BCUT2D eigenvalue weighted by atomic mass is 35.5. The number of hydrogen-bond acceptors (Lipinski definition) is 6. The van der Waals surface area contributed by atoms with E-state index < -0.39 is 29.4 Å². The molecule has 0 aliphatic carbocycles. The number of imide groups is 1. The number of amides is 3. The summed E-state index contributed by atoms with van der Waals surface area (Å²) in [6.45, 7) is 2.93. The van der Waals surface area contributed by atoms with Crippen LogP contribution < -0.4 is 10.6 Å². The smallest absolute Gasteiger partial charge is 0.340 e. The van der Waals surface area contributed by atoms with Crippen molar-refractivity contribution in [1.29, 1.82) is 0 Å². The number of carbonyl (C=O) groups excluding carboxylic acids is 3. The third-order valence-electron chi connectivity index (χ3n) is 2.96. The van der Waals surface area contributed by atoms with Crippen molar-refractivity contribution in [1.82, 2.24) is 10.6 Å². The predicted molar refractivity (Wildman–Crippen MR) is 84.8 cm³/mol. The first-order valence-electron chi connectivity index (χ1n) is 6.96. The molecule has 0 saturated carbocycles. The van der Waals surface area contributed by atoms with Crippen LogP contribution in [-0.4, -0.2) is 35.5 Å². The zero-order valence-electron chi connectivity index (χ0n) is 13.0. The van der Waals surface area contributed by atoms with Crippen molar-refractivity contribution in [2.75, 3.05) is 6.61 Å². The lowest BCUT2D eigenvalue weighted by molar-refractivity contribution is -0.384. The molecular formula is C14H16ClN3O6. The maximum atomic E-state index is 11.8. The number of nitrogens with one attached hydrogen (secondary N) is 2. The number of halogens is 1. The van der Waals surface area contributed by atoms with E-state index >= 15 is 0 Å². The Kier molecular flexibility index (Phi) is 7.12. The van der Waals surface area contributed by atoms with Crippen LogP contribution in [-0.2, 0) is 9.53 Å². The van der Waals surface area contributed by atoms with Crippen LogP contribution in [0.3, 0.4) is 0 Å². The van der Waals surface area contributed by atoms with Crippen LogP contribution in [0, 0.1) is 10.1 Å². The highest BCUT2D eigenvalue weighted by molar-refractivity contribution is 6.33. The second-order valence-corrected chi connectivity index (χ2v) is 5.24. The number of hydrogen-bond donors (Lipinski definition) is 2. The van der Waals surface area contributed by atoms with E-state index in [1.165, 1.54) is 0 Å². The van der Waals surface area contributed by atoms with Gasteiger partial charge in [-0.25, -0.2) is 9.59 Å². The van der Waals surface area contributed by atoms with Gasteiger partial charge >= 0.3 is 12.0 Å². The number of nitrogens with zero attached hydrogens (tertiary/aromatic N) is 1. The third kappa shape index (κ3) is 5.84. The van der Waals surface area contributed by atoms with E-state index in [1.54, 1.807) is 6.92 Å². The Morgan fingerprint density at radius 2 is 2.04 bits per heavy atom. The number of carbonyl (C=O) groups is 3. The Labute approximate surface area is 142 Å². The number of esters is 1. The van der Waals surface area contributed by atoms with Gasteiger partial charge < -0.3 is 10.1 Å². The number of benzene rings is 1. The normalized spacial score (nSPS) is 11.3. The van der Waals surface area contributed by atoms with Crippen LogP contribution in [0.2, 0.25) is 5.02 Å². The van der Waals surface area contributed by atoms with E-state index in [0.717, 1.165) is 18.2 Å². The summed E-state index contributed by atoms with van der Waals surface area (Å²) >= 11 is 5.77. The highest BCUT2D eigenvalue weighted by Gasteiger charge is 2.18. The molecule has 9 nitrogen and oxygen atoms in total. The number of nitro groups is 1. The molecule has 130 valence electrons. The maximum absolute atomic E-state index is 11.8. The van der Waals surface area contributed by atoms with Crippen molar-refractivity contribution in [2.45, 2.75) is 26.3 Å². The maximum Gasteiger partial charge on any atom is 0.340 e. The van der Waals surface area contributed by atoms with Crippen molar-refractivity contribution in [3.05, 3.63) is 38.9 Å². The fourth-order valence-electron chi connectivity index (χ4n) is 1.52. The van der Waals surface area contributed by atoms with Crippen molar-refractivity contribution in [3.63, 3.8) is 0 Å². The van der Waals surface area contributed by atoms with Crippen molar-refractivity contribution in [3.8, 4) is 0 Å². The van der Waals surface area contributed by atoms with Crippen LogP contribution in [0.1, 0.15) is 30.6 Å². The first-order chi connectivity index (χ1) is 11.2. The van der Waals surface area contributed by atoms with Crippen LogP contribution >= 0.6 is 11.6 Å². The summed E-state index contributed by atoms with van der Waals surface area (Å²) < 4.78 is 4.72. The van der Waals surface area contributed by atoms with E-state index in [1.807, 2.05) is 12.2 Å². The van der Waals surface area contributed by atoms with Crippen LogP contribution in [0.25, 0.3) is 0 Å². The number of rotatable bonds is 6. The lowest BCUT2D eigenvalue weighted by atomic mass is 10.2. The minimum Gasteiger partial charge on any atom is -0.452 e.